The average molecular weight is 379 g/mol. The maximum Gasteiger partial charge on any atom is 0.389 e. The Bertz CT molecular complexity index is 1060. The molecule has 8 heteroatoms. The largest absolute Gasteiger partial charge is 0.508 e. The first-order valence-electron chi connectivity index (χ1n) is 8.32. The number of allylic oxidation sites excluding steroid dienone is 1. The zero-order valence-corrected chi connectivity index (χ0v) is 15.0. The fraction of sp³-hybridized carbons (Fsp3) is 0.100. The van der Waals surface area contributed by atoms with Crippen molar-refractivity contribution in [2.24, 2.45) is 0 Å². The molecule has 0 radical (unpaired) electrons. The number of carbonyl (C=O) groups is 1. The van der Waals surface area contributed by atoms with E-state index in [1.165, 1.54) is 42.3 Å². The van der Waals surface area contributed by atoms with Crippen molar-refractivity contribution in [1.29, 1.82) is 0 Å². The van der Waals surface area contributed by atoms with Crippen LogP contribution in [0.2, 0.25) is 0 Å². The summed E-state index contributed by atoms with van der Waals surface area (Å²) in [5, 5.41) is 24.2. The van der Waals surface area contributed by atoms with E-state index in [0.717, 1.165) is 11.1 Å². The first-order chi connectivity index (χ1) is 13.5. The molecule has 0 bridgehead atoms. The van der Waals surface area contributed by atoms with E-state index >= 15 is 0 Å². The molecule has 1 heterocycles. The van der Waals surface area contributed by atoms with Crippen LogP contribution < -0.4 is 4.74 Å². The maximum absolute atomic E-state index is 12.2. The van der Waals surface area contributed by atoms with Crippen molar-refractivity contribution in [3.63, 3.8) is 0 Å². The number of rotatable bonds is 7. The van der Waals surface area contributed by atoms with Crippen molar-refractivity contribution in [3.8, 4) is 11.5 Å². The SMILES string of the molecule is COc1ccc(/C=C/C(=O)c2cccc(O)c2)cc1Cn1ccc([N+](=O)[O-])n1. The lowest BCUT2D eigenvalue weighted by Crippen LogP contribution is -2.03. The van der Waals surface area contributed by atoms with Gasteiger partial charge in [-0.1, -0.05) is 24.3 Å². The summed E-state index contributed by atoms with van der Waals surface area (Å²) >= 11 is 0. The third-order valence-electron chi connectivity index (χ3n) is 4.01. The fourth-order valence-electron chi connectivity index (χ4n) is 2.66. The smallest absolute Gasteiger partial charge is 0.389 e. The van der Waals surface area contributed by atoms with Crippen LogP contribution in [-0.4, -0.2) is 32.7 Å². The van der Waals surface area contributed by atoms with Gasteiger partial charge in [0.25, 0.3) is 0 Å². The van der Waals surface area contributed by atoms with Gasteiger partial charge in [0.2, 0.25) is 0 Å². The summed E-state index contributed by atoms with van der Waals surface area (Å²) in [6.07, 6.45) is 4.59. The highest BCUT2D eigenvalue weighted by Gasteiger charge is 2.13. The summed E-state index contributed by atoms with van der Waals surface area (Å²) in [5.74, 6) is 0.164. The van der Waals surface area contributed by atoms with Gasteiger partial charge in [-0.3, -0.25) is 4.79 Å². The monoisotopic (exact) mass is 379 g/mol. The molecule has 0 aliphatic heterocycles. The number of ether oxygens (including phenoxy) is 1. The zero-order chi connectivity index (χ0) is 20.1. The lowest BCUT2D eigenvalue weighted by molar-refractivity contribution is -0.389. The number of nitro groups is 1. The van der Waals surface area contributed by atoms with E-state index < -0.39 is 4.92 Å². The van der Waals surface area contributed by atoms with Crippen molar-refractivity contribution in [1.82, 2.24) is 9.78 Å². The molecule has 3 rings (SSSR count). The number of hydrogen-bond acceptors (Lipinski definition) is 6. The van der Waals surface area contributed by atoms with Crippen molar-refractivity contribution in [2.45, 2.75) is 6.54 Å². The second kappa shape index (κ2) is 8.17. The minimum absolute atomic E-state index is 0.0271. The van der Waals surface area contributed by atoms with Crippen LogP contribution in [0.3, 0.4) is 0 Å². The number of benzene rings is 2. The summed E-state index contributed by atoms with van der Waals surface area (Å²) in [5.41, 5.74) is 1.90. The van der Waals surface area contributed by atoms with Gasteiger partial charge in [-0.15, -0.1) is 0 Å². The van der Waals surface area contributed by atoms with Crippen molar-refractivity contribution in [2.75, 3.05) is 7.11 Å². The van der Waals surface area contributed by atoms with Gasteiger partial charge in [-0.05, 0) is 40.8 Å². The van der Waals surface area contributed by atoms with Gasteiger partial charge in [-0.2, -0.15) is 4.68 Å². The number of phenols is 1. The molecule has 0 unspecified atom stereocenters. The lowest BCUT2D eigenvalue weighted by Gasteiger charge is -2.08. The number of aromatic nitrogens is 2. The predicted molar refractivity (Wildman–Crippen MR) is 102 cm³/mol. The average Bonchev–Trinajstić information content (AvgIpc) is 3.15. The zero-order valence-electron chi connectivity index (χ0n) is 15.0. The van der Waals surface area contributed by atoms with Crippen LogP contribution in [0.15, 0.2) is 60.8 Å². The fourth-order valence-corrected chi connectivity index (χ4v) is 2.66. The number of carbonyl (C=O) groups excluding carboxylic acids is 1. The van der Waals surface area contributed by atoms with E-state index in [1.54, 1.807) is 30.3 Å². The third kappa shape index (κ3) is 4.42. The van der Waals surface area contributed by atoms with Crippen LogP contribution >= 0.6 is 0 Å². The normalized spacial score (nSPS) is 10.9. The first-order valence-corrected chi connectivity index (χ1v) is 8.32. The molecular weight excluding hydrogens is 362 g/mol. The van der Waals surface area contributed by atoms with Gasteiger partial charge >= 0.3 is 5.82 Å². The predicted octanol–water partition coefficient (Wildman–Crippen LogP) is 3.45. The molecule has 142 valence electrons. The summed E-state index contributed by atoms with van der Waals surface area (Å²) in [6.45, 7) is 0.277. The van der Waals surface area contributed by atoms with Crippen LogP contribution in [0.1, 0.15) is 21.5 Å². The topological polar surface area (TPSA) is 107 Å². The third-order valence-corrected chi connectivity index (χ3v) is 4.01. The quantitative estimate of drug-likeness (QED) is 0.292. The molecule has 8 nitrogen and oxygen atoms in total. The molecule has 0 saturated carbocycles. The first kappa shape index (κ1) is 18.8. The standard InChI is InChI=1S/C20H17N3O5/c1-28-19-8-6-14(5-7-18(25)15-3-2-4-17(24)12-15)11-16(19)13-22-10-9-20(21-22)23(26)27/h2-12,24H,13H2,1H3/b7-5+. The van der Waals surface area contributed by atoms with Crippen LogP contribution in [-0.2, 0) is 6.54 Å². The molecule has 0 aliphatic carbocycles. The van der Waals surface area contributed by atoms with Crippen molar-refractivity contribution < 1.29 is 19.6 Å². The Morgan fingerprint density at radius 3 is 2.79 bits per heavy atom. The summed E-state index contributed by atoms with van der Waals surface area (Å²) in [6, 6.07) is 12.8. The van der Waals surface area contributed by atoms with E-state index in [-0.39, 0.29) is 23.9 Å². The van der Waals surface area contributed by atoms with Crippen molar-refractivity contribution in [3.05, 3.63) is 87.6 Å². The highest BCUT2D eigenvalue weighted by molar-refractivity contribution is 6.07. The van der Waals surface area contributed by atoms with Gasteiger partial charge < -0.3 is 20.0 Å². The van der Waals surface area contributed by atoms with Crippen LogP contribution in [0, 0.1) is 10.1 Å². The second-order valence-electron chi connectivity index (χ2n) is 5.95. The summed E-state index contributed by atoms with van der Waals surface area (Å²) in [7, 11) is 1.53. The highest BCUT2D eigenvalue weighted by atomic mass is 16.6. The van der Waals surface area contributed by atoms with Gasteiger partial charge in [-0.25, -0.2) is 0 Å². The Hall–Kier alpha value is -3.94. The second-order valence-corrected chi connectivity index (χ2v) is 5.95. The molecule has 0 fully saturated rings. The maximum atomic E-state index is 12.2. The summed E-state index contributed by atoms with van der Waals surface area (Å²) < 4.78 is 6.79. The highest BCUT2D eigenvalue weighted by Crippen LogP contribution is 2.22. The molecular formula is C20H17N3O5. The molecule has 0 aliphatic rings. The number of hydrogen-bond donors (Lipinski definition) is 1. The number of phenolic OH excluding ortho intramolecular Hbond substituents is 1. The molecule has 0 spiro atoms. The Labute approximate surface area is 160 Å². The molecule has 2 aromatic carbocycles. The Morgan fingerprint density at radius 1 is 1.29 bits per heavy atom. The van der Waals surface area contributed by atoms with Crippen LogP contribution in [0.4, 0.5) is 5.82 Å². The van der Waals surface area contributed by atoms with Gasteiger partial charge in [0.05, 0.1) is 31.0 Å². The molecule has 28 heavy (non-hydrogen) atoms. The Morgan fingerprint density at radius 2 is 2.11 bits per heavy atom. The molecule has 3 aromatic rings. The van der Waals surface area contributed by atoms with Gasteiger partial charge in [0.15, 0.2) is 5.78 Å². The Kier molecular flexibility index (Phi) is 5.50. The molecule has 1 N–H and O–H groups in total. The number of aromatic hydroxyl groups is 1. The lowest BCUT2D eigenvalue weighted by atomic mass is 10.1. The van der Waals surface area contributed by atoms with E-state index in [4.69, 9.17) is 4.74 Å². The van der Waals surface area contributed by atoms with Crippen LogP contribution in [0.5, 0.6) is 11.5 Å². The van der Waals surface area contributed by atoms with E-state index in [9.17, 15) is 20.0 Å². The van der Waals surface area contributed by atoms with E-state index in [0.29, 0.717) is 11.3 Å². The minimum atomic E-state index is -0.556. The van der Waals surface area contributed by atoms with E-state index in [1.807, 2.05) is 6.07 Å². The number of ketones is 1. The minimum Gasteiger partial charge on any atom is -0.508 e. The van der Waals surface area contributed by atoms with Crippen LogP contribution in [0.25, 0.3) is 6.08 Å². The number of methoxy groups -OCH3 is 1. The molecule has 0 amide bonds. The Balaban J connectivity index is 1.81. The van der Waals surface area contributed by atoms with Gasteiger partial charge in [0, 0.05) is 11.1 Å². The van der Waals surface area contributed by atoms with E-state index in [2.05, 4.69) is 5.10 Å². The summed E-state index contributed by atoms with van der Waals surface area (Å²) in [4.78, 5) is 22.5. The molecule has 0 atom stereocenters. The van der Waals surface area contributed by atoms with Crippen molar-refractivity contribution >= 4 is 17.7 Å². The molecule has 0 saturated heterocycles. The van der Waals surface area contributed by atoms with Gasteiger partial charge in [0.1, 0.15) is 11.5 Å². The number of nitrogens with zero attached hydrogens (tertiary/aromatic N) is 3. The molecule has 1 aromatic heterocycles.